The van der Waals surface area contributed by atoms with E-state index in [9.17, 15) is 23.2 Å². The number of piperazine rings is 1. The molecule has 0 spiro atoms. The standard InChI is InChI=1S/C26H36N4O6S/c31-24(29-18-16-28(17-19-29)23-7-2-1-3-8-23)9-5-4-6-22-10-14-30(15-11-22)37(34,35)26(25(32)27-33)12-20-36-21-13-26/h1-9,22,33H,10-21H2,(H,27,32). The maximum Gasteiger partial charge on any atom is 0.266 e. The number of para-hydroxylation sites is 1. The van der Waals surface area contributed by atoms with E-state index in [-0.39, 0.29) is 37.9 Å². The van der Waals surface area contributed by atoms with Gasteiger partial charge >= 0.3 is 0 Å². The Morgan fingerprint density at radius 2 is 1.62 bits per heavy atom. The summed E-state index contributed by atoms with van der Waals surface area (Å²) in [6.07, 6.45) is 8.45. The average molecular weight is 533 g/mol. The van der Waals surface area contributed by atoms with Crippen LogP contribution < -0.4 is 10.4 Å². The normalized spacial score (nSPS) is 22.0. The molecule has 4 rings (SSSR count). The molecule has 0 saturated carbocycles. The molecule has 0 aliphatic carbocycles. The van der Waals surface area contributed by atoms with E-state index in [4.69, 9.17) is 4.74 Å². The fourth-order valence-electron chi connectivity index (χ4n) is 5.25. The third-order valence-corrected chi connectivity index (χ3v) is 10.2. The summed E-state index contributed by atoms with van der Waals surface area (Å²) in [5.41, 5.74) is 2.73. The number of amides is 2. The Bertz CT molecular complexity index is 1090. The van der Waals surface area contributed by atoms with Gasteiger partial charge in [0.05, 0.1) is 0 Å². The number of allylic oxidation sites excluding steroid dienone is 3. The maximum atomic E-state index is 13.4. The van der Waals surface area contributed by atoms with Crippen molar-refractivity contribution in [2.45, 2.75) is 30.4 Å². The van der Waals surface area contributed by atoms with Crippen LogP contribution in [0.25, 0.3) is 0 Å². The summed E-state index contributed by atoms with van der Waals surface area (Å²) in [4.78, 5) is 29.1. The van der Waals surface area contributed by atoms with Gasteiger partial charge in [-0.15, -0.1) is 0 Å². The van der Waals surface area contributed by atoms with Gasteiger partial charge in [0.2, 0.25) is 15.9 Å². The van der Waals surface area contributed by atoms with Crippen LogP contribution in [-0.2, 0) is 24.3 Å². The molecule has 3 heterocycles. The lowest BCUT2D eigenvalue weighted by Gasteiger charge is -2.40. The highest BCUT2D eigenvalue weighted by Crippen LogP contribution is 2.35. The second-order valence-electron chi connectivity index (χ2n) is 9.68. The van der Waals surface area contributed by atoms with Crippen LogP contribution in [0.1, 0.15) is 25.7 Å². The first-order valence-electron chi connectivity index (χ1n) is 12.8. The summed E-state index contributed by atoms with van der Waals surface area (Å²) < 4.78 is 31.7. The fraction of sp³-hybridized carbons (Fsp3) is 0.538. The number of rotatable bonds is 7. The van der Waals surface area contributed by atoms with Gasteiger partial charge in [-0.05, 0) is 30.9 Å². The Morgan fingerprint density at radius 3 is 2.24 bits per heavy atom. The van der Waals surface area contributed by atoms with E-state index in [0.717, 1.165) is 13.1 Å². The van der Waals surface area contributed by atoms with Crippen molar-refractivity contribution in [3.63, 3.8) is 0 Å². The molecule has 0 radical (unpaired) electrons. The summed E-state index contributed by atoms with van der Waals surface area (Å²) in [5, 5.41) is 9.19. The van der Waals surface area contributed by atoms with Crippen LogP contribution in [0.4, 0.5) is 5.69 Å². The van der Waals surface area contributed by atoms with E-state index >= 15 is 0 Å². The third-order valence-electron chi connectivity index (χ3n) is 7.59. The molecule has 0 aromatic heterocycles. The molecule has 37 heavy (non-hydrogen) atoms. The Hall–Kier alpha value is -2.73. The number of anilines is 1. The number of hydroxylamine groups is 1. The molecule has 3 fully saturated rings. The predicted molar refractivity (Wildman–Crippen MR) is 139 cm³/mol. The molecule has 0 unspecified atom stereocenters. The van der Waals surface area contributed by atoms with Crippen molar-refractivity contribution < 1.29 is 28.0 Å². The zero-order valence-corrected chi connectivity index (χ0v) is 21.8. The summed E-state index contributed by atoms with van der Waals surface area (Å²) in [5.74, 6) is -0.728. The van der Waals surface area contributed by atoms with Crippen LogP contribution in [-0.4, -0.2) is 91.9 Å². The van der Waals surface area contributed by atoms with Gasteiger partial charge in [-0.3, -0.25) is 14.8 Å². The minimum Gasteiger partial charge on any atom is -0.381 e. The van der Waals surface area contributed by atoms with Crippen LogP contribution in [0.3, 0.4) is 0 Å². The number of nitrogens with one attached hydrogen (secondary N) is 1. The Morgan fingerprint density at radius 1 is 0.973 bits per heavy atom. The molecule has 1 aromatic carbocycles. The lowest BCUT2D eigenvalue weighted by atomic mass is 9.97. The largest absolute Gasteiger partial charge is 0.381 e. The Kier molecular flexibility index (Phi) is 9.01. The van der Waals surface area contributed by atoms with E-state index in [2.05, 4.69) is 17.0 Å². The highest BCUT2D eigenvalue weighted by atomic mass is 32.2. The fourth-order valence-corrected chi connectivity index (χ4v) is 7.40. The summed E-state index contributed by atoms with van der Waals surface area (Å²) in [6.45, 7) is 3.86. The first-order chi connectivity index (χ1) is 17.9. The SMILES string of the molecule is O=C(C=CC=CC1CCN(S(=O)(=O)C2(C(=O)NO)CCOCC2)CC1)N1CCN(c2ccccc2)CC1. The number of ether oxygens (including phenoxy) is 1. The van der Waals surface area contributed by atoms with E-state index in [1.54, 1.807) is 17.6 Å². The zero-order valence-electron chi connectivity index (χ0n) is 21.0. The molecule has 3 aliphatic heterocycles. The monoisotopic (exact) mass is 532 g/mol. The molecular formula is C26H36N4O6S. The second-order valence-corrected chi connectivity index (χ2v) is 11.9. The molecule has 0 bridgehead atoms. The van der Waals surface area contributed by atoms with Crippen LogP contribution in [0.2, 0.25) is 0 Å². The van der Waals surface area contributed by atoms with Gasteiger partial charge in [0.25, 0.3) is 5.91 Å². The van der Waals surface area contributed by atoms with Crippen molar-refractivity contribution in [3.05, 3.63) is 54.6 Å². The number of sulfonamides is 1. The third kappa shape index (κ3) is 6.06. The quantitative estimate of drug-likeness (QED) is 0.237. The lowest BCUT2D eigenvalue weighted by Crippen LogP contribution is -2.60. The lowest BCUT2D eigenvalue weighted by molar-refractivity contribution is -0.134. The van der Waals surface area contributed by atoms with Gasteiger partial charge < -0.3 is 14.5 Å². The van der Waals surface area contributed by atoms with Crippen molar-refractivity contribution in [3.8, 4) is 0 Å². The van der Waals surface area contributed by atoms with Gasteiger partial charge in [-0.1, -0.05) is 36.4 Å². The van der Waals surface area contributed by atoms with Gasteiger partial charge in [-0.25, -0.2) is 18.2 Å². The highest BCUT2D eigenvalue weighted by molar-refractivity contribution is 7.91. The number of hydrogen-bond donors (Lipinski definition) is 2. The highest BCUT2D eigenvalue weighted by Gasteiger charge is 2.54. The molecule has 0 atom stereocenters. The zero-order chi connectivity index (χ0) is 26.3. The first-order valence-corrected chi connectivity index (χ1v) is 14.3. The molecule has 11 heteroatoms. The maximum absolute atomic E-state index is 13.4. The molecular weight excluding hydrogens is 496 g/mol. The Balaban J connectivity index is 1.24. The van der Waals surface area contributed by atoms with Gasteiger partial charge in [0, 0.05) is 77.1 Å². The predicted octanol–water partition coefficient (Wildman–Crippen LogP) is 1.54. The van der Waals surface area contributed by atoms with E-state index < -0.39 is 20.7 Å². The molecule has 10 nitrogen and oxygen atoms in total. The minimum atomic E-state index is -3.96. The second kappa shape index (κ2) is 12.2. The number of piperidine rings is 1. The van der Waals surface area contributed by atoms with E-state index in [1.807, 2.05) is 35.3 Å². The van der Waals surface area contributed by atoms with Crippen LogP contribution in [0.15, 0.2) is 54.6 Å². The number of carbonyl (C=O) groups excluding carboxylic acids is 2. The van der Waals surface area contributed by atoms with Crippen molar-refractivity contribution >= 4 is 27.5 Å². The van der Waals surface area contributed by atoms with Gasteiger partial charge in [0.15, 0.2) is 4.75 Å². The number of nitrogens with zero attached hydrogens (tertiary/aromatic N) is 3. The van der Waals surface area contributed by atoms with Crippen molar-refractivity contribution in [2.75, 3.05) is 57.4 Å². The van der Waals surface area contributed by atoms with Crippen molar-refractivity contribution in [1.29, 1.82) is 0 Å². The smallest absolute Gasteiger partial charge is 0.266 e. The molecule has 3 aliphatic rings. The number of hydrogen-bond acceptors (Lipinski definition) is 7. The number of benzene rings is 1. The number of carbonyl (C=O) groups is 2. The molecule has 202 valence electrons. The van der Waals surface area contributed by atoms with Crippen LogP contribution in [0.5, 0.6) is 0 Å². The molecule has 2 amide bonds. The summed E-state index contributed by atoms with van der Waals surface area (Å²) in [6, 6.07) is 10.2. The van der Waals surface area contributed by atoms with Gasteiger partial charge in [-0.2, -0.15) is 0 Å². The molecule has 2 N–H and O–H groups in total. The molecule has 1 aromatic rings. The van der Waals surface area contributed by atoms with Crippen LogP contribution >= 0.6 is 0 Å². The summed E-state index contributed by atoms with van der Waals surface area (Å²) >= 11 is 0. The first kappa shape index (κ1) is 27.3. The Labute approximate surface area is 218 Å². The van der Waals surface area contributed by atoms with Crippen LogP contribution in [0, 0.1) is 5.92 Å². The van der Waals surface area contributed by atoms with E-state index in [1.165, 1.54) is 9.99 Å². The minimum absolute atomic E-state index is 0.0119. The topological polar surface area (TPSA) is 119 Å². The van der Waals surface area contributed by atoms with Crippen molar-refractivity contribution in [2.24, 2.45) is 5.92 Å². The average Bonchev–Trinajstić information content (AvgIpc) is 2.96. The van der Waals surface area contributed by atoms with E-state index in [0.29, 0.717) is 39.0 Å². The van der Waals surface area contributed by atoms with Crippen molar-refractivity contribution in [1.82, 2.24) is 14.7 Å². The summed E-state index contributed by atoms with van der Waals surface area (Å²) in [7, 11) is -3.96. The van der Waals surface area contributed by atoms with Gasteiger partial charge in [0.1, 0.15) is 0 Å². The molecule has 3 saturated heterocycles.